The lowest BCUT2D eigenvalue weighted by Gasteiger charge is -2.44. The van der Waals surface area contributed by atoms with Crippen LogP contribution in [0.1, 0.15) is 44.7 Å². The Hall–Kier alpha value is -6.13. The number of nitrogens with one attached hydrogen (secondary N) is 1. The highest BCUT2D eigenvalue weighted by Gasteiger charge is 2.45. The number of pyridine rings is 2. The maximum Gasteiger partial charge on any atom is 0.290 e. The van der Waals surface area contributed by atoms with Gasteiger partial charge in [-0.15, -0.1) is 0 Å². The molecule has 16 heteroatoms. The van der Waals surface area contributed by atoms with Gasteiger partial charge in [-0.05, 0) is 48.9 Å². The lowest BCUT2D eigenvalue weighted by atomic mass is 9.97. The SMILES string of the molecule is COc1cc(-c2cn(C)c(=O)c3cnc(N(C)C)cc23)cc(OC)c1CN1CC(N(C)Cc2cccc3c2C(=O)N(C2CCC(=O)NC2=O)C3=O)C1.O=CO. The number of nitrogens with zero attached hydrogens (tertiary/aromatic N) is 6. The number of hydrogen-bond donors (Lipinski definition) is 2. The van der Waals surface area contributed by atoms with E-state index in [9.17, 15) is 24.0 Å². The topological polar surface area (TPSA) is 184 Å². The number of likely N-dealkylation sites (N-methyl/N-ethyl adjacent to an activating group) is 1. The van der Waals surface area contributed by atoms with Crippen molar-refractivity contribution in [2.24, 2.45) is 7.05 Å². The Bertz CT molecular complexity index is 2240. The summed E-state index contributed by atoms with van der Waals surface area (Å²) in [5.41, 5.74) is 3.77. The third kappa shape index (κ3) is 7.25. The van der Waals surface area contributed by atoms with Crippen molar-refractivity contribution >= 4 is 46.7 Å². The zero-order valence-corrected chi connectivity index (χ0v) is 31.5. The van der Waals surface area contributed by atoms with E-state index in [1.807, 2.05) is 56.5 Å². The molecular formula is C39H43N7O9. The van der Waals surface area contributed by atoms with E-state index in [2.05, 4.69) is 20.1 Å². The summed E-state index contributed by atoms with van der Waals surface area (Å²) in [6, 6.07) is 10.3. The number of aromatic nitrogens is 2. The van der Waals surface area contributed by atoms with Crippen LogP contribution in [0.2, 0.25) is 0 Å². The predicted molar refractivity (Wildman–Crippen MR) is 202 cm³/mol. The molecule has 2 saturated heterocycles. The number of carbonyl (C=O) groups excluding carboxylic acids is 4. The number of benzene rings is 2. The van der Waals surface area contributed by atoms with Gasteiger partial charge in [-0.1, -0.05) is 12.1 Å². The third-order valence-electron chi connectivity index (χ3n) is 10.3. The monoisotopic (exact) mass is 753 g/mol. The fourth-order valence-electron chi connectivity index (χ4n) is 7.41. The predicted octanol–water partition coefficient (Wildman–Crippen LogP) is 2.10. The van der Waals surface area contributed by atoms with Crippen LogP contribution in [0, 0.1) is 0 Å². The number of anilines is 1. The average Bonchev–Trinajstić information content (AvgIpc) is 3.40. The molecule has 0 bridgehead atoms. The summed E-state index contributed by atoms with van der Waals surface area (Å²) >= 11 is 0. The molecule has 1 atom stereocenters. The largest absolute Gasteiger partial charge is 0.496 e. The number of rotatable bonds is 10. The van der Waals surface area contributed by atoms with Crippen LogP contribution in [0.15, 0.2) is 53.6 Å². The van der Waals surface area contributed by atoms with Gasteiger partial charge < -0.3 is 24.0 Å². The summed E-state index contributed by atoms with van der Waals surface area (Å²) in [6.45, 7) is 2.26. The van der Waals surface area contributed by atoms with Crippen molar-refractivity contribution in [2.75, 3.05) is 53.4 Å². The van der Waals surface area contributed by atoms with Crippen LogP contribution in [0.3, 0.4) is 0 Å². The normalized spacial score (nSPS) is 17.1. The van der Waals surface area contributed by atoms with Crippen molar-refractivity contribution in [1.29, 1.82) is 0 Å². The summed E-state index contributed by atoms with van der Waals surface area (Å²) < 4.78 is 13.4. The van der Waals surface area contributed by atoms with Crippen molar-refractivity contribution in [3.63, 3.8) is 0 Å². The second-order valence-corrected chi connectivity index (χ2v) is 14.0. The molecule has 0 spiro atoms. The minimum atomic E-state index is -1.01. The molecule has 0 radical (unpaired) electrons. The van der Waals surface area contributed by atoms with E-state index in [1.165, 1.54) is 0 Å². The smallest absolute Gasteiger partial charge is 0.290 e. The van der Waals surface area contributed by atoms with E-state index < -0.39 is 29.7 Å². The van der Waals surface area contributed by atoms with Crippen molar-refractivity contribution in [2.45, 2.75) is 38.0 Å². The Morgan fingerprint density at radius 2 is 1.64 bits per heavy atom. The van der Waals surface area contributed by atoms with E-state index in [1.54, 1.807) is 44.2 Å². The zero-order chi connectivity index (χ0) is 39.7. The fraction of sp³-hybridized carbons (Fsp3) is 0.359. The number of methoxy groups -OCH3 is 2. The number of aryl methyl sites for hydroxylation is 1. The van der Waals surface area contributed by atoms with Crippen LogP contribution in [-0.4, -0.2) is 120 Å². The van der Waals surface area contributed by atoms with Gasteiger partial charge in [0.25, 0.3) is 23.8 Å². The first-order valence-electron chi connectivity index (χ1n) is 17.6. The first-order valence-corrected chi connectivity index (χ1v) is 17.6. The molecule has 0 aliphatic carbocycles. The van der Waals surface area contributed by atoms with E-state index in [4.69, 9.17) is 19.4 Å². The second-order valence-electron chi connectivity index (χ2n) is 14.0. The molecule has 5 heterocycles. The zero-order valence-electron chi connectivity index (χ0n) is 31.5. The van der Waals surface area contributed by atoms with Gasteiger partial charge in [0.05, 0.1) is 36.3 Å². The van der Waals surface area contributed by atoms with Crippen molar-refractivity contribution in [3.05, 3.63) is 81.4 Å². The molecule has 3 aliphatic heterocycles. The highest BCUT2D eigenvalue weighted by atomic mass is 16.5. The number of imide groups is 2. The maximum absolute atomic E-state index is 13.6. The van der Waals surface area contributed by atoms with Gasteiger partial charge in [-0.3, -0.25) is 48.8 Å². The van der Waals surface area contributed by atoms with Crippen LogP contribution in [-0.2, 0) is 34.5 Å². The molecule has 2 fully saturated rings. The van der Waals surface area contributed by atoms with Crippen molar-refractivity contribution in [1.82, 2.24) is 29.6 Å². The average molecular weight is 754 g/mol. The molecule has 4 amide bonds. The second kappa shape index (κ2) is 15.7. The molecular weight excluding hydrogens is 710 g/mol. The maximum atomic E-state index is 13.6. The van der Waals surface area contributed by atoms with E-state index in [0.29, 0.717) is 41.1 Å². The minimum absolute atomic E-state index is 0.0710. The van der Waals surface area contributed by atoms with Crippen molar-refractivity contribution < 1.29 is 38.6 Å². The Morgan fingerprint density at radius 3 is 2.25 bits per heavy atom. The number of carboxylic acid groups (broad SMARTS) is 1. The van der Waals surface area contributed by atoms with Gasteiger partial charge in [-0.2, -0.15) is 0 Å². The molecule has 7 rings (SSSR count). The van der Waals surface area contributed by atoms with Crippen LogP contribution >= 0.6 is 0 Å². The molecule has 2 N–H and O–H groups in total. The number of ether oxygens (including phenoxy) is 2. The molecule has 2 aromatic carbocycles. The first-order chi connectivity index (χ1) is 26.3. The summed E-state index contributed by atoms with van der Waals surface area (Å²) in [5, 5.41) is 10.4. The van der Waals surface area contributed by atoms with Crippen LogP contribution < -0.4 is 25.2 Å². The number of carbonyl (C=O) groups is 5. The van der Waals surface area contributed by atoms with E-state index in [-0.39, 0.29) is 36.5 Å². The van der Waals surface area contributed by atoms with Gasteiger partial charge in [0, 0.05) is 83.1 Å². The van der Waals surface area contributed by atoms with Crippen LogP contribution in [0.4, 0.5) is 5.82 Å². The Morgan fingerprint density at radius 1 is 0.964 bits per heavy atom. The molecule has 4 aromatic rings. The van der Waals surface area contributed by atoms with Gasteiger partial charge in [0.15, 0.2) is 0 Å². The number of hydrogen-bond acceptors (Lipinski definition) is 12. The Balaban J connectivity index is 0.00000166. The number of likely N-dealkylation sites (tertiary alicyclic amines) is 1. The minimum Gasteiger partial charge on any atom is -0.496 e. The number of fused-ring (bicyclic) bond motifs is 2. The summed E-state index contributed by atoms with van der Waals surface area (Å²) in [7, 11) is 10.8. The Labute approximate surface area is 316 Å². The number of piperidine rings is 1. The molecule has 55 heavy (non-hydrogen) atoms. The summed E-state index contributed by atoms with van der Waals surface area (Å²) in [5.74, 6) is 0.0199. The molecule has 0 saturated carbocycles. The van der Waals surface area contributed by atoms with Crippen LogP contribution in [0.5, 0.6) is 11.5 Å². The third-order valence-corrected chi connectivity index (χ3v) is 10.3. The molecule has 288 valence electrons. The van der Waals surface area contributed by atoms with E-state index in [0.717, 1.165) is 45.9 Å². The highest BCUT2D eigenvalue weighted by Crippen LogP contribution is 2.39. The van der Waals surface area contributed by atoms with Gasteiger partial charge in [-0.25, -0.2) is 4.98 Å². The van der Waals surface area contributed by atoms with Gasteiger partial charge in [0.1, 0.15) is 23.4 Å². The highest BCUT2D eigenvalue weighted by molar-refractivity contribution is 6.24. The van der Waals surface area contributed by atoms with E-state index >= 15 is 0 Å². The van der Waals surface area contributed by atoms with Gasteiger partial charge >= 0.3 is 0 Å². The molecule has 2 aromatic heterocycles. The quantitative estimate of drug-likeness (QED) is 0.178. The molecule has 1 unspecified atom stereocenters. The van der Waals surface area contributed by atoms with Crippen LogP contribution in [0.25, 0.3) is 21.9 Å². The fourth-order valence-corrected chi connectivity index (χ4v) is 7.41. The van der Waals surface area contributed by atoms with Gasteiger partial charge in [0.2, 0.25) is 11.8 Å². The van der Waals surface area contributed by atoms with Crippen molar-refractivity contribution in [3.8, 4) is 22.6 Å². The lowest BCUT2D eigenvalue weighted by Crippen LogP contribution is -2.57. The molecule has 3 aliphatic rings. The molecule has 16 nitrogen and oxygen atoms in total. The Kier molecular flexibility index (Phi) is 11.0. The lowest BCUT2D eigenvalue weighted by molar-refractivity contribution is -0.136. The standard InChI is InChI=1S/C38H41N7O7.CH2O2/c1-41(2)32-14-25-26(15-39-32)36(48)43(4)19-27(25)22-12-30(51-5)28(31(13-22)52-6)20-44-17-23(18-44)42(3)16-21-8-7-9-24-34(21)38(50)45(37(24)49)29-10-11-33(46)40-35(29)47;2-1-3/h7-9,12-15,19,23,29H,10-11,16-18,20H2,1-6H3,(H,40,46,47);1H,(H,2,3). The first kappa shape index (κ1) is 38.6. The summed E-state index contributed by atoms with van der Waals surface area (Å²) in [6.07, 6.45) is 3.63. The summed E-state index contributed by atoms with van der Waals surface area (Å²) in [4.78, 5) is 84.3. The number of amides is 4.